The van der Waals surface area contributed by atoms with Crippen LogP contribution in [0.25, 0.3) is 0 Å². The van der Waals surface area contributed by atoms with Crippen LogP contribution in [0.3, 0.4) is 0 Å². The minimum Gasteiger partial charge on any atom is -0.235 e. The Labute approximate surface area is 138 Å². The zero-order valence-corrected chi connectivity index (χ0v) is 15.4. The predicted molar refractivity (Wildman–Crippen MR) is 96.1 cm³/mol. The van der Waals surface area contributed by atoms with Crippen molar-refractivity contribution in [3.8, 4) is 0 Å². The lowest BCUT2D eigenvalue weighted by Gasteiger charge is -2.04. The van der Waals surface area contributed by atoms with E-state index in [2.05, 4.69) is 42.3 Å². The van der Waals surface area contributed by atoms with Crippen LogP contribution in [-0.4, -0.2) is 4.57 Å². The minimum atomic E-state index is 1.10. The van der Waals surface area contributed by atoms with Gasteiger partial charge in [0.1, 0.15) is 12.4 Å². The van der Waals surface area contributed by atoms with Gasteiger partial charge >= 0.3 is 0 Å². The van der Waals surface area contributed by atoms with Gasteiger partial charge in [-0.1, -0.05) is 65.2 Å². The van der Waals surface area contributed by atoms with E-state index in [1.807, 2.05) is 0 Å². The number of aromatic nitrogens is 2. The second kappa shape index (κ2) is 12.7. The molecule has 1 heterocycles. The average molecular weight is 308 g/mol. The lowest BCUT2D eigenvalue weighted by atomic mass is 10.1. The number of imidazole rings is 1. The summed E-state index contributed by atoms with van der Waals surface area (Å²) < 4.78 is 4.92. The summed E-state index contributed by atoms with van der Waals surface area (Å²) in [7, 11) is 0. The summed E-state index contributed by atoms with van der Waals surface area (Å²) in [4.78, 5) is 0. The van der Waals surface area contributed by atoms with Gasteiger partial charge in [0.25, 0.3) is 5.82 Å². The van der Waals surface area contributed by atoms with E-state index in [0.717, 1.165) is 6.54 Å². The molecular formula is C20H39N2+. The van der Waals surface area contributed by atoms with E-state index in [-0.39, 0.29) is 0 Å². The van der Waals surface area contributed by atoms with Crippen LogP contribution in [0.15, 0.2) is 12.4 Å². The normalized spacial score (nSPS) is 11.2. The highest BCUT2D eigenvalue weighted by Gasteiger charge is 2.14. The molecule has 1 aromatic heterocycles. The van der Waals surface area contributed by atoms with Gasteiger partial charge in [-0.2, -0.15) is 0 Å². The van der Waals surface area contributed by atoms with Gasteiger partial charge in [0, 0.05) is 6.42 Å². The van der Waals surface area contributed by atoms with Crippen molar-refractivity contribution in [3.05, 3.63) is 18.2 Å². The fraction of sp³-hybridized carbons (Fsp3) is 0.850. The molecule has 0 aromatic carbocycles. The number of hydrogen-bond acceptors (Lipinski definition) is 0. The minimum absolute atomic E-state index is 1.10. The van der Waals surface area contributed by atoms with E-state index < -0.39 is 0 Å². The van der Waals surface area contributed by atoms with Gasteiger partial charge in [0.2, 0.25) is 0 Å². The summed E-state index contributed by atoms with van der Waals surface area (Å²) >= 11 is 0. The van der Waals surface area contributed by atoms with E-state index >= 15 is 0 Å². The van der Waals surface area contributed by atoms with E-state index in [4.69, 9.17) is 0 Å². The molecule has 0 spiro atoms. The molecule has 0 unspecified atom stereocenters. The summed E-state index contributed by atoms with van der Waals surface area (Å²) in [5, 5.41) is 0. The maximum atomic E-state index is 2.50. The van der Waals surface area contributed by atoms with E-state index in [9.17, 15) is 0 Å². The number of rotatable bonds is 14. The third kappa shape index (κ3) is 7.47. The number of nitrogens with zero attached hydrogens (tertiary/aromatic N) is 2. The van der Waals surface area contributed by atoms with E-state index in [0.29, 0.717) is 0 Å². The molecular weight excluding hydrogens is 268 g/mol. The monoisotopic (exact) mass is 307 g/mol. The highest BCUT2D eigenvalue weighted by molar-refractivity contribution is 4.84. The van der Waals surface area contributed by atoms with Crippen molar-refractivity contribution in [2.45, 2.75) is 111 Å². The Balaban J connectivity index is 2.17. The van der Waals surface area contributed by atoms with Crippen LogP contribution >= 0.6 is 0 Å². The van der Waals surface area contributed by atoms with Crippen LogP contribution < -0.4 is 4.57 Å². The second-order valence-electron chi connectivity index (χ2n) is 6.63. The van der Waals surface area contributed by atoms with Crippen molar-refractivity contribution >= 4 is 0 Å². The zero-order chi connectivity index (χ0) is 16.0. The first-order chi connectivity index (χ1) is 10.8. The van der Waals surface area contributed by atoms with Crippen molar-refractivity contribution in [1.29, 1.82) is 0 Å². The highest BCUT2D eigenvalue weighted by Crippen LogP contribution is 2.11. The van der Waals surface area contributed by atoms with Crippen LogP contribution in [0.1, 0.15) is 97.2 Å². The molecule has 128 valence electrons. The first-order valence-electron chi connectivity index (χ1n) is 9.90. The number of unbranched alkanes of at least 4 members (excludes halogenated alkanes) is 9. The van der Waals surface area contributed by atoms with Crippen LogP contribution in [0.5, 0.6) is 0 Å². The maximum absolute atomic E-state index is 2.50. The van der Waals surface area contributed by atoms with Crippen molar-refractivity contribution < 1.29 is 4.57 Å². The summed E-state index contributed by atoms with van der Waals surface area (Å²) in [6.45, 7) is 9.13. The first-order valence-corrected chi connectivity index (χ1v) is 9.90. The van der Waals surface area contributed by atoms with Gasteiger partial charge in [-0.05, 0) is 26.2 Å². The molecule has 22 heavy (non-hydrogen) atoms. The van der Waals surface area contributed by atoms with Crippen LogP contribution in [-0.2, 0) is 19.5 Å². The summed E-state index contributed by atoms with van der Waals surface area (Å²) in [5.74, 6) is 1.53. The first kappa shape index (κ1) is 19.3. The molecule has 0 saturated carbocycles. The molecule has 0 saturated heterocycles. The van der Waals surface area contributed by atoms with Crippen molar-refractivity contribution in [1.82, 2.24) is 4.57 Å². The van der Waals surface area contributed by atoms with Crippen molar-refractivity contribution in [2.75, 3.05) is 0 Å². The molecule has 0 atom stereocenters. The number of aryl methyl sites for hydroxylation is 2. The molecule has 0 aliphatic heterocycles. The topological polar surface area (TPSA) is 8.81 Å². The van der Waals surface area contributed by atoms with Gasteiger partial charge in [-0.25, -0.2) is 9.13 Å². The van der Waals surface area contributed by atoms with E-state index in [1.165, 1.54) is 89.4 Å². The van der Waals surface area contributed by atoms with Gasteiger partial charge in [0.05, 0.1) is 13.1 Å². The predicted octanol–water partition coefficient (Wildman–Crippen LogP) is 5.67. The van der Waals surface area contributed by atoms with Crippen molar-refractivity contribution in [2.24, 2.45) is 0 Å². The van der Waals surface area contributed by atoms with Gasteiger partial charge in [-0.15, -0.1) is 0 Å². The molecule has 0 N–H and O–H groups in total. The third-order valence-corrected chi connectivity index (χ3v) is 4.69. The maximum Gasteiger partial charge on any atom is 0.256 e. The molecule has 0 aliphatic rings. The zero-order valence-electron chi connectivity index (χ0n) is 15.4. The standard InChI is InChI=1S/C20H39N2/c1-4-7-9-10-11-12-13-14-15-17-22-19-18-21(6-3)20(22)16-8-5-2/h18-19H,4-17H2,1-3H3/q+1. The Kier molecular flexibility index (Phi) is 11.1. The van der Waals surface area contributed by atoms with Gasteiger partial charge < -0.3 is 0 Å². The van der Waals surface area contributed by atoms with Crippen LogP contribution in [0.2, 0.25) is 0 Å². The van der Waals surface area contributed by atoms with Crippen LogP contribution in [0, 0.1) is 0 Å². The Morgan fingerprint density at radius 1 is 0.773 bits per heavy atom. The number of hydrogen-bond donors (Lipinski definition) is 0. The van der Waals surface area contributed by atoms with Gasteiger partial charge in [-0.3, -0.25) is 0 Å². The average Bonchev–Trinajstić information content (AvgIpc) is 2.93. The molecule has 2 heteroatoms. The van der Waals surface area contributed by atoms with Crippen molar-refractivity contribution in [3.63, 3.8) is 0 Å². The molecule has 0 amide bonds. The van der Waals surface area contributed by atoms with Crippen LogP contribution in [0.4, 0.5) is 0 Å². The molecule has 1 rings (SSSR count). The molecule has 0 radical (unpaired) electrons. The van der Waals surface area contributed by atoms with E-state index in [1.54, 1.807) is 0 Å². The second-order valence-corrected chi connectivity index (χ2v) is 6.63. The smallest absolute Gasteiger partial charge is 0.235 e. The molecule has 0 bridgehead atoms. The SMILES string of the molecule is CCCCCCCCCCCn1cc[n+](CC)c1CCCC. The molecule has 0 fully saturated rings. The quantitative estimate of drug-likeness (QED) is 0.309. The lowest BCUT2D eigenvalue weighted by Crippen LogP contribution is -2.36. The third-order valence-electron chi connectivity index (χ3n) is 4.69. The highest BCUT2D eigenvalue weighted by atomic mass is 15.1. The Bertz CT molecular complexity index is 368. The van der Waals surface area contributed by atoms with Gasteiger partial charge in [0.15, 0.2) is 0 Å². The Hall–Kier alpha value is -0.790. The molecule has 2 nitrogen and oxygen atoms in total. The fourth-order valence-electron chi connectivity index (χ4n) is 3.20. The Morgan fingerprint density at radius 3 is 1.95 bits per heavy atom. The largest absolute Gasteiger partial charge is 0.256 e. The Morgan fingerprint density at radius 2 is 1.36 bits per heavy atom. The fourth-order valence-corrected chi connectivity index (χ4v) is 3.20. The summed E-state index contributed by atoms with van der Waals surface area (Å²) in [6.07, 6.45) is 21.1. The summed E-state index contributed by atoms with van der Waals surface area (Å²) in [5.41, 5.74) is 0. The lowest BCUT2D eigenvalue weighted by molar-refractivity contribution is -0.700. The summed E-state index contributed by atoms with van der Waals surface area (Å²) in [6, 6.07) is 0. The molecule has 1 aromatic rings. The molecule has 0 aliphatic carbocycles.